The highest BCUT2D eigenvalue weighted by atomic mass is 32.2. The lowest BCUT2D eigenvalue weighted by Gasteiger charge is -2.18. The number of ether oxygens (including phenoxy) is 1. The number of benzene rings is 1. The van der Waals surface area contributed by atoms with E-state index in [1.54, 1.807) is 11.1 Å². The van der Waals surface area contributed by atoms with Crippen molar-refractivity contribution >= 4 is 34.7 Å². The molecular formula is C22H26N4O2S. The predicted molar refractivity (Wildman–Crippen MR) is 120 cm³/mol. The zero-order chi connectivity index (χ0) is 20.6. The fourth-order valence-corrected chi connectivity index (χ4v) is 3.95. The molecule has 0 spiro atoms. The van der Waals surface area contributed by atoms with Crippen molar-refractivity contribution in [3.8, 4) is 5.75 Å². The molecule has 0 N–H and O–H groups in total. The first-order valence-corrected chi connectivity index (χ1v) is 10.5. The number of carbonyl (C=O) groups excluding carboxylic acids is 1. The Hall–Kier alpha value is -2.80. The van der Waals surface area contributed by atoms with Gasteiger partial charge < -0.3 is 9.64 Å². The van der Waals surface area contributed by atoms with Gasteiger partial charge in [-0.3, -0.25) is 14.7 Å². The van der Waals surface area contributed by atoms with E-state index in [-0.39, 0.29) is 5.91 Å². The highest BCUT2D eigenvalue weighted by molar-refractivity contribution is 8.18. The third-order valence-corrected chi connectivity index (χ3v) is 5.46. The monoisotopic (exact) mass is 410 g/mol. The molecular weight excluding hydrogens is 384 g/mol. The van der Waals surface area contributed by atoms with E-state index in [1.807, 2.05) is 69.4 Å². The quantitative estimate of drug-likeness (QED) is 0.618. The summed E-state index contributed by atoms with van der Waals surface area (Å²) < 4.78 is 5.84. The first-order chi connectivity index (χ1) is 14.1. The molecule has 2 aromatic rings. The summed E-state index contributed by atoms with van der Waals surface area (Å²) in [6.45, 7) is 6.53. The van der Waals surface area contributed by atoms with Gasteiger partial charge in [0.05, 0.1) is 11.4 Å². The van der Waals surface area contributed by atoms with Gasteiger partial charge in [0.1, 0.15) is 18.2 Å². The minimum absolute atomic E-state index is 0.0163. The van der Waals surface area contributed by atoms with Gasteiger partial charge >= 0.3 is 0 Å². The zero-order valence-corrected chi connectivity index (χ0v) is 17.9. The lowest BCUT2D eigenvalue weighted by molar-refractivity contribution is -0.122. The van der Waals surface area contributed by atoms with Crippen molar-refractivity contribution < 1.29 is 9.53 Å². The Labute approximate surface area is 176 Å². The van der Waals surface area contributed by atoms with E-state index < -0.39 is 0 Å². The number of anilines is 1. The van der Waals surface area contributed by atoms with Crippen LogP contribution in [0.25, 0.3) is 6.08 Å². The molecule has 152 valence electrons. The number of hydrogen-bond donors (Lipinski definition) is 0. The highest BCUT2D eigenvalue weighted by Crippen LogP contribution is 2.32. The Morgan fingerprint density at radius 3 is 2.66 bits per heavy atom. The van der Waals surface area contributed by atoms with Crippen LogP contribution >= 0.6 is 11.8 Å². The van der Waals surface area contributed by atoms with Crippen LogP contribution in [-0.4, -0.2) is 54.2 Å². The Bertz CT molecular complexity index is 881. The molecule has 1 fully saturated rings. The predicted octanol–water partition coefficient (Wildman–Crippen LogP) is 3.91. The minimum atomic E-state index is 0.0163. The van der Waals surface area contributed by atoms with E-state index in [1.165, 1.54) is 11.8 Å². The number of hydrogen-bond acceptors (Lipinski definition) is 6. The number of amides is 1. The summed E-state index contributed by atoms with van der Waals surface area (Å²) in [5, 5.41) is 0.781. The SMILES string of the molecule is CCN=C1S/C(=C\c2ccc(OCCN(C)c3ccccn3)cc2)C(=O)N1CC. The summed E-state index contributed by atoms with van der Waals surface area (Å²) in [6, 6.07) is 13.6. The first kappa shape index (κ1) is 20.9. The molecule has 0 saturated carbocycles. The van der Waals surface area contributed by atoms with Crippen molar-refractivity contribution in [2.24, 2.45) is 4.99 Å². The fraction of sp³-hybridized carbons (Fsp3) is 0.318. The normalized spacial score (nSPS) is 16.7. The lowest BCUT2D eigenvalue weighted by atomic mass is 10.2. The van der Waals surface area contributed by atoms with Crippen LogP contribution in [0.4, 0.5) is 5.82 Å². The second-order valence-corrected chi connectivity index (χ2v) is 7.45. The molecule has 2 heterocycles. The maximum Gasteiger partial charge on any atom is 0.266 e. The molecule has 0 atom stereocenters. The van der Waals surface area contributed by atoms with Gasteiger partial charge in [0.2, 0.25) is 0 Å². The number of likely N-dealkylation sites (N-methyl/N-ethyl adjacent to an activating group) is 2. The van der Waals surface area contributed by atoms with Crippen LogP contribution in [0, 0.1) is 0 Å². The molecule has 1 aromatic carbocycles. The standard InChI is InChI=1S/C22H26N4O2S/c1-4-23-22-26(5-2)21(27)19(29-22)16-17-9-11-18(12-10-17)28-15-14-25(3)20-8-6-7-13-24-20/h6-13,16H,4-5,14-15H2,1-3H3/b19-16-,23-22?. The number of thioether (sulfide) groups is 1. The smallest absolute Gasteiger partial charge is 0.266 e. The molecule has 1 saturated heterocycles. The number of aromatic nitrogens is 1. The van der Waals surface area contributed by atoms with Gasteiger partial charge in [-0.05, 0) is 61.5 Å². The number of pyridine rings is 1. The van der Waals surface area contributed by atoms with Gasteiger partial charge in [-0.25, -0.2) is 4.98 Å². The van der Waals surface area contributed by atoms with Crippen LogP contribution in [0.3, 0.4) is 0 Å². The Kier molecular flexibility index (Phi) is 7.30. The van der Waals surface area contributed by atoms with Crippen molar-refractivity contribution in [1.82, 2.24) is 9.88 Å². The van der Waals surface area contributed by atoms with Crippen LogP contribution in [-0.2, 0) is 4.79 Å². The minimum Gasteiger partial charge on any atom is -0.492 e. The van der Waals surface area contributed by atoms with Gasteiger partial charge in [0.25, 0.3) is 5.91 Å². The topological polar surface area (TPSA) is 58.0 Å². The number of amidine groups is 1. The summed E-state index contributed by atoms with van der Waals surface area (Å²) in [5.74, 6) is 1.74. The van der Waals surface area contributed by atoms with Gasteiger partial charge in [0.15, 0.2) is 5.17 Å². The van der Waals surface area contributed by atoms with E-state index in [0.29, 0.717) is 24.6 Å². The van der Waals surface area contributed by atoms with Crippen molar-refractivity contribution in [2.45, 2.75) is 13.8 Å². The van der Waals surface area contributed by atoms with Crippen molar-refractivity contribution in [3.05, 3.63) is 59.1 Å². The zero-order valence-electron chi connectivity index (χ0n) is 17.0. The molecule has 6 nitrogen and oxygen atoms in total. The molecule has 1 aliphatic rings. The van der Waals surface area contributed by atoms with Crippen LogP contribution in [0.5, 0.6) is 5.75 Å². The molecule has 3 rings (SSSR count). The van der Waals surface area contributed by atoms with E-state index in [2.05, 4.69) is 14.9 Å². The lowest BCUT2D eigenvalue weighted by Crippen LogP contribution is -2.28. The van der Waals surface area contributed by atoms with E-state index >= 15 is 0 Å². The van der Waals surface area contributed by atoms with Crippen LogP contribution in [0.2, 0.25) is 0 Å². The average molecular weight is 411 g/mol. The number of carbonyl (C=O) groups is 1. The summed E-state index contributed by atoms with van der Waals surface area (Å²) in [7, 11) is 1.99. The molecule has 29 heavy (non-hydrogen) atoms. The second-order valence-electron chi connectivity index (χ2n) is 6.44. The third kappa shape index (κ3) is 5.38. The highest BCUT2D eigenvalue weighted by Gasteiger charge is 2.31. The maximum atomic E-state index is 12.5. The molecule has 7 heteroatoms. The van der Waals surface area contributed by atoms with E-state index in [0.717, 1.165) is 28.8 Å². The second kappa shape index (κ2) is 10.1. The van der Waals surface area contributed by atoms with Crippen LogP contribution < -0.4 is 9.64 Å². The van der Waals surface area contributed by atoms with Crippen LogP contribution in [0.15, 0.2) is 58.6 Å². The van der Waals surface area contributed by atoms with Crippen LogP contribution in [0.1, 0.15) is 19.4 Å². The largest absolute Gasteiger partial charge is 0.492 e. The molecule has 1 aromatic heterocycles. The molecule has 0 radical (unpaired) electrons. The van der Waals surface area contributed by atoms with Gasteiger partial charge in [-0.2, -0.15) is 0 Å². The molecule has 0 aliphatic carbocycles. The molecule has 0 unspecified atom stereocenters. The van der Waals surface area contributed by atoms with Crippen molar-refractivity contribution in [2.75, 3.05) is 38.2 Å². The van der Waals surface area contributed by atoms with Crippen molar-refractivity contribution in [1.29, 1.82) is 0 Å². The van der Waals surface area contributed by atoms with Gasteiger partial charge in [-0.15, -0.1) is 0 Å². The fourth-order valence-electron chi connectivity index (χ4n) is 2.85. The number of nitrogens with zero attached hydrogens (tertiary/aromatic N) is 4. The maximum absolute atomic E-state index is 12.5. The first-order valence-electron chi connectivity index (χ1n) is 9.73. The third-order valence-electron chi connectivity index (χ3n) is 4.41. The Morgan fingerprint density at radius 1 is 1.21 bits per heavy atom. The summed E-state index contributed by atoms with van der Waals surface area (Å²) >= 11 is 1.43. The Balaban J connectivity index is 1.57. The Morgan fingerprint density at radius 2 is 2.00 bits per heavy atom. The number of rotatable bonds is 8. The van der Waals surface area contributed by atoms with E-state index in [4.69, 9.17) is 4.74 Å². The van der Waals surface area contributed by atoms with Crippen molar-refractivity contribution in [3.63, 3.8) is 0 Å². The number of aliphatic imine (C=N–C) groups is 1. The summed E-state index contributed by atoms with van der Waals surface area (Å²) in [6.07, 6.45) is 3.69. The average Bonchev–Trinajstić information content (AvgIpc) is 3.04. The van der Waals surface area contributed by atoms with Gasteiger partial charge in [-0.1, -0.05) is 18.2 Å². The van der Waals surface area contributed by atoms with Gasteiger partial charge in [0, 0.05) is 26.3 Å². The van der Waals surface area contributed by atoms with E-state index in [9.17, 15) is 4.79 Å². The summed E-state index contributed by atoms with van der Waals surface area (Å²) in [4.78, 5) is 25.7. The molecule has 1 amide bonds. The molecule has 1 aliphatic heterocycles. The summed E-state index contributed by atoms with van der Waals surface area (Å²) in [5.41, 5.74) is 0.965. The molecule has 0 bridgehead atoms.